The Kier molecular flexibility index (Phi) is 8.84. The summed E-state index contributed by atoms with van der Waals surface area (Å²) >= 11 is 0. The molecule has 0 unspecified atom stereocenters. The summed E-state index contributed by atoms with van der Waals surface area (Å²) in [6.45, 7) is 5.31. The van der Waals surface area contributed by atoms with Crippen molar-refractivity contribution in [2.24, 2.45) is 17.3 Å². The average molecular weight is 501 g/mol. The average Bonchev–Trinajstić information content (AvgIpc) is 3.15. The van der Waals surface area contributed by atoms with Gasteiger partial charge in [0.25, 0.3) is 11.8 Å². The van der Waals surface area contributed by atoms with E-state index in [0.29, 0.717) is 37.9 Å². The van der Waals surface area contributed by atoms with E-state index in [0.717, 1.165) is 5.56 Å². The number of hydrogen-bond donors (Lipinski definition) is 1. The Hall–Kier alpha value is -3.69. The number of rotatable bonds is 8. The van der Waals surface area contributed by atoms with Gasteiger partial charge in [0.2, 0.25) is 6.79 Å². The zero-order valence-corrected chi connectivity index (χ0v) is 20.8. The van der Waals surface area contributed by atoms with Crippen LogP contribution in [0.4, 0.5) is 10.5 Å². The van der Waals surface area contributed by atoms with E-state index < -0.39 is 24.3 Å². The van der Waals surface area contributed by atoms with Crippen LogP contribution in [0.3, 0.4) is 0 Å². The minimum atomic E-state index is -0.771. The third-order valence-corrected chi connectivity index (χ3v) is 6.10. The molecular formula is C26H32N2O8. The molecule has 0 radical (unpaired) electrons. The summed E-state index contributed by atoms with van der Waals surface area (Å²) in [5.41, 5.74) is 0.661. The van der Waals surface area contributed by atoms with E-state index in [9.17, 15) is 24.0 Å². The summed E-state index contributed by atoms with van der Waals surface area (Å²) in [6, 6.07) is 6.72. The smallest absolute Gasteiger partial charge is 0.414 e. The number of nitrogens with zero attached hydrogens (tertiary/aromatic N) is 1. The van der Waals surface area contributed by atoms with Gasteiger partial charge in [-0.15, -0.1) is 0 Å². The maximum atomic E-state index is 12.3. The number of anilines is 1. The van der Waals surface area contributed by atoms with Crippen LogP contribution < -0.4 is 5.32 Å². The minimum absolute atomic E-state index is 0.129. The molecule has 3 amide bonds. The summed E-state index contributed by atoms with van der Waals surface area (Å²) in [7, 11) is 0. The molecule has 0 saturated heterocycles. The van der Waals surface area contributed by atoms with Crippen LogP contribution in [-0.2, 0) is 40.0 Å². The van der Waals surface area contributed by atoms with Gasteiger partial charge in [-0.3, -0.25) is 29.4 Å². The van der Waals surface area contributed by atoms with E-state index in [2.05, 4.69) is 5.32 Å². The van der Waals surface area contributed by atoms with Gasteiger partial charge in [0.1, 0.15) is 6.61 Å². The lowest BCUT2D eigenvalue weighted by molar-refractivity contribution is -0.158. The highest BCUT2D eigenvalue weighted by Gasteiger charge is 2.32. The summed E-state index contributed by atoms with van der Waals surface area (Å²) < 4.78 is 15.3. The Morgan fingerprint density at radius 3 is 2.11 bits per heavy atom. The lowest BCUT2D eigenvalue weighted by Crippen LogP contribution is -2.36. The fourth-order valence-corrected chi connectivity index (χ4v) is 3.91. The third kappa shape index (κ3) is 7.66. The Morgan fingerprint density at radius 1 is 0.917 bits per heavy atom. The molecule has 1 aliphatic heterocycles. The molecule has 3 rings (SSSR count). The van der Waals surface area contributed by atoms with Crippen molar-refractivity contribution in [3.63, 3.8) is 0 Å². The van der Waals surface area contributed by atoms with E-state index in [-0.39, 0.29) is 36.2 Å². The highest BCUT2D eigenvalue weighted by atomic mass is 16.7. The first-order valence-corrected chi connectivity index (χ1v) is 11.9. The number of carbonyl (C=O) groups is 5. The molecular weight excluding hydrogens is 468 g/mol. The first kappa shape index (κ1) is 26.9. The van der Waals surface area contributed by atoms with Crippen molar-refractivity contribution >= 4 is 35.5 Å². The highest BCUT2D eigenvalue weighted by Crippen LogP contribution is 2.30. The molecule has 0 atom stereocenters. The van der Waals surface area contributed by atoms with Crippen LogP contribution in [0.1, 0.15) is 52.0 Å². The van der Waals surface area contributed by atoms with Crippen molar-refractivity contribution in [2.75, 3.05) is 18.7 Å². The molecule has 36 heavy (non-hydrogen) atoms. The highest BCUT2D eigenvalue weighted by molar-refractivity contribution is 6.12. The molecule has 1 aliphatic carbocycles. The Bertz CT molecular complexity index is 999. The molecule has 1 N–H and O–H groups in total. The predicted octanol–water partition coefficient (Wildman–Crippen LogP) is 3.56. The Balaban J connectivity index is 1.31. The van der Waals surface area contributed by atoms with Crippen LogP contribution in [0, 0.1) is 17.3 Å². The first-order valence-electron chi connectivity index (χ1n) is 11.9. The van der Waals surface area contributed by atoms with E-state index in [1.165, 1.54) is 17.1 Å². The third-order valence-electron chi connectivity index (χ3n) is 6.10. The maximum absolute atomic E-state index is 12.3. The van der Waals surface area contributed by atoms with E-state index in [4.69, 9.17) is 14.2 Å². The van der Waals surface area contributed by atoms with Crippen molar-refractivity contribution in [3.8, 4) is 0 Å². The lowest BCUT2D eigenvalue weighted by atomic mass is 9.82. The van der Waals surface area contributed by atoms with Gasteiger partial charge in [0, 0.05) is 24.4 Å². The van der Waals surface area contributed by atoms with Crippen LogP contribution in [0.5, 0.6) is 0 Å². The zero-order chi connectivity index (χ0) is 26.3. The monoisotopic (exact) mass is 500 g/mol. The molecule has 1 fully saturated rings. The van der Waals surface area contributed by atoms with Gasteiger partial charge >= 0.3 is 18.0 Å². The molecule has 194 valence electrons. The number of hydrogen-bond acceptors (Lipinski definition) is 8. The van der Waals surface area contributed by atoms with Crippen LogP contribution in [0.25, 0.3) is 0 Å². The SMILES string of the molecule is CC(C)(C)C(=O)OCc1ccc(NC(=O)OCOC(=O)C2CCC(CN3C(=O)C=CC3=O)CC2)cc1. The number of ether oxygens (including phenoxy) is 3. The molecule has 10 heteroatoms. The molecule has 0 bridgehead atoms. The summed E-state index contributed by atoms with van der Waals surface area (Å²) in [6.07, 6.45) is 4.32. The van der Waals surface area contributed by atoms with Gasteiger partial charge in [-0.2, -0.15) is 0 Å². The van der Waals surface area contributed by atoms with Crippen molar-refractivity contribution in [1.29, 1.82) is 0 Å². The Labute approximate surface area is 209 Å². The number of esters is 2. The number of nitrogens with one attached hydrogen (secondary N) is 1. The molecule has 0 aromatic heterocycles. The second kappa shape index (κ2) is 11.8. The van der Waals surface area contributed by atoms with E-state index in [1.807, 2.05) is 0 Å². The van der Waals surface area contributed by atoms with Crippen molar-refractivity contribution in [1.82, 2.24) is 4.90 Å². The molecule has 1 heterocycles. The predicted molar refractivity (Wildman–Crippen MR) is 128 cm³/mol. The van der Waals surface area contributed by atoms with Crippen LogP contribution in [0.2, 0.25) is 0 Å². The molecule has 1 aromatic carbocycles. The standard InChI is InChI=1S/C26H32N2O8/c1-26(2,3)24(32)34-15-18-6-10-20(11-7-18)27-25(33)36-16-35-23(31)19-8-4-17(5-9-19)14-28-21(29)12-13-22(28)30/h6-7,10-13,17,19H,4-5,8-9,14-16H2,1-3H3,(H,27,33). The minimum Gasteiger partial charge on any atom is -0.460 e. The Morgan fingerprint density at radius 2 is 1.53 bits per heavy atom. The van der Waals surface area contributed by atoms with E-state index in [1.54, 1.807) is 45.0 Å². The van der Waals surface area contributed by atoms with Crippen molar-refractivity contribution in [2.45, 2.75) is 53.1 Å². The largest absolute Gasteiger partial charge is 0.460 e. The second-order valence-electron chi connectivity index (χ2n) is 10.00. The van der Waals surface area contributed by atoms with Crippen LogP contribution in [-0.4, -0.2) is 48.1 Å². The van der Waals surface area contributed by atoms with Gasteiger partial charge in [-0.25, -0.2) is 4.79 Å². The van der Waals surface area contributed by atoms with Crippen LogP contribution in [0.15, 0.2) is 36.4 Å². The number of imide groups is 1. The van der Waals surface area contributed by atoms with Gasteiger partial charge in [0.05, 0.1) is 11.3 Å². The fraction of sp³-hybridized carbons (Fsp3) is 0.500. The normalized spacial score (nSPS) is 19.7. The molecule has 1 saturated carbocycles. The zero-order valence-electron chi connectivity index (χ0n) is 20.8. The lowest BCUT2D eigenvalue weighted by Gasteiger charge is -2.29. The van der Waals surface area contributed by atoms with Crippen LogP contribution >= 0.6 is 0 Å². The molecule has 10 nitrogen and oxygen atoms in total. The van der Waals surface area contributed by atoms with E-state index >= 15 is 0 Å². The van der Waals surface area contributed by atoms with Gasteiger partial charge in [0.15, 0.2) is 0 Å². The number of carbonyl (C=O) groups excluding carboxylic acids is 5. The molecule has 2 aliphatic rings. The van der Waals surface area contributed by atoms with Crippen molar-refractivity contribution < 1.29 is 38.2 Å². The summed E-state index contributed by atoms with van der Waals surface area (Å²) in [4.78, 5) is 60.7. The topological polar surface area (TPSA) is 128 Å². The molecule has 0 spiro atoms. The van der Waals surface area contributed by atoms with Gasteiger partial charge < -0.3 is 14.2 Å². The number of benzene rings is 1. The van der Waals surface area contributed by atoms with Crippen molar-refractivity contribution in [3.05, 3.63) is 42.0 Å². The van der Waals surface area contributed by atoms with Gasteiger partial charge in [-0.05, 0) is 70.1 Å². The van der Waals surface area contributed by atoms with Gasteiger partial charge in [-0.1, -0.05) is 12.1 Å². The first-order chi connectivity index (χ1) is 17.0. The summed E-state index contributed by atoms with van der Waals surface area (Å²) in [5.74, 6) is -1.49. The summed E-state index contributed by atoms with van der Waals surface area (Å²) in [5, 5.41) is 2.53. The fourth-order valence-electron chi connectivity index (χ4n) is 3.91. The molecule has 1 aromatic rings. The maximum Gasteiger partial charge on any atom is 0.414 e. The quantitative estimate of drug-likeness (QED) is 0.326. The number of amides is 3. The second-order valence-corrected chi connectivity index (χ2v) is 10.00.